The molecular formula is C13H12IN3O2. The molecule has 6 heteroatoms. The van der Waals surface area contributed by atoms with E-state index < -0.39 is 5.97 Å². The fourth-order valence-electron chi connectivity index (χ4n) is 1.60. The Kier molecular flexibility index (Phi) is 3.98. The summed E-state index contributed by atoms with van der Waals surface area (Å²) < 4.78 is 1.14. The molecule has 0 saturated heterocycles. The normalized spacial score (nSPS) is 10.3. The van der Waals surface area contributed by atoms with E-state index in [1.807, 2.05) is 25.1 Å². The largest absolute Gasteiger partial charge is 0.478 e. The summed E-state index contributed by atoms with van der Waals surface area (Å²) in [4.78, 5) is 19.1. The molecule has 2 aromatic rings. The van der Waals surface area contributed by atoms with Crippen molar-refractivity contribution < 1.29 is 9.90 Å². The van der Waals surface area contributed by atoms with Gasteiger partial charge in [0.05, 0.1) is 11.3 Å². The van der Waals surface area contributed by atoms with E-state index in [1.54, 1.807) is 6.92 Å². The van der Waals surface area contributed by atoms with Gasteiger partial charge in [-0.2, -0.15) is 0 Å². The van der Waals surface area contributed by atoms with Gasteiger partial charge in [0.15, 0.2) is 0 Å². The number of benzene rings is 1. The molecule has 0 radical (unpaired) electrons. The summed E-state index contributed by atoms with van der Waals surface area (Å²) >= 11 is 2.25. The Hall–Kier alpha value is -1.70. The minimum atomic E-state index is -1.02. The van der Waals surface area contributed by atoms with E-state index in [9.17, 15) is 4.79 Å². The van der Waals surface area contributed by atoms with Gasteiger partial charge in [-0.1, -0.05) is 6.07 Å². The smallest absolute Gasteiger partial charge is 0.339 e. The van der Waals surface area contributed by atoms with Crippen molar-refractivity contribution in [2.24, 2.45) is 0 Å². The SMILES string of the molecule is Cc1nc(Nc2cccc(I)c2C)ncc1C(=O)O. The van der Waals surface area contributed by atoms with Crippen molar-refractivity contribution in [2.75, 3.05) is 5.32 Å². The lowest BCUT2D eigenvalue weighted by Crippen LogP contribution is -2.06. The quantitative estimate of drug-likeness (QED) is 0.814. The second-order valence-electron chi connectivity index (χ2n) is 4.04. The number of rotatable bonds is 3. The molecule has 0 aliphatic heterocycles. The minimum Gasteiger partial charge on any atom is -0.478 e. The summed E-state index contributed by atoms with van der Waals surface area (Å²) in [7, 11) is 0. The van der Waals surface area contributed by atoms with Crippen LogP contribution in [0.25, 0.3) is 0 Å². The zero-order valence-corrected chi connectivity index (χ0v) is 12.6. The number of halogens is 1. The molecule has 0 bridgehead atoms. The summed E-state index contributed by atoms with van der Waals surface area (Å²) in [6, 6.07) is 5.89. The van der Waals surface area contributed by atoms with Crippen LogP contribution in [0.4, 0.5) is 11.6 Å². The summed E-state index contributed by atoms with van der Waals surface area (Å²) in [6.07, 6.45) is 1.32. The average Bonchev–Trinajstić information content (AvgIpc) is 2.34. The number of aromatic nitrogens is 2. The van der Waals surface area contributed by atoms with Crippen LogP contribution in [-0.2, 0) is 0 Å². The Morgan fingerprint density at radius 1 is 1.37 bits per heavy atom. The molecule has 0 atom stereocenters. The van der Waals surface area contributed by atoms with Crippen molar-refractivity contribution >= 4 is 40.2 Å². The minimum absolute atomic E-state index is 0.116. The molecule has 5 nitrogen and oxygen atoms in total. The second-order valence-corrected chi connectivity index (χ2v) is 5.20. The molecule has 1 heterocycles. The Labute approximate surface area is 124 Å². The number of carboxylic acid groups (broad SMARTS) is 1. The van der Waals surface area contributed by atoms with E-state index in [0.29, 0.717) is 11.6 Å². The van der Waals surface area contributed by atoms with Crippen LogP contribution in [0.1, 0.15) is 21.6 Å². The van der Waals surface area contributed by atoms with Crippen molar-refractivity contribution in [1.29, 1.82) is 0 Å². The highest BCUT2D eigenvalue weighted by Crippen LogP contribution is 2.22. The van der Waals surface area contributed by atoms with Gasteiger partial charge in [0.1, 0.15) is 0 Å². The molecule has 2 rings (SSSR count). The molecular weight excluding hydrogens is 357 g/mol. The highest BCUT2D eigenvalue weighted by Gasteiger charge is 2.10. The highest BCUT2D eigenvalue weighted by molar-refractivity contribution is 14.1. The summed E-state index contributed by atoms with van der Waals surface area (Å²) in [5.41, 5.74) is 2.57. The van der Waals surface area contributed by atoms with E-state index in [0.717, 1.165) is 14.8 Å². The van der Waals surface area contributed by atoms with Gasteiger partial charge in [-0.25, -0.2) is 14.8 Å². The molecule has 1 aromatic heterocycles. The predicted octanol–water partition coefficient (Wildman–Crippen LogP) is 3.14. The van der Waals surface area contributed by atoms with Crippen molar-refractivity contribution in [3.63, 3.8) is 0 Å². The number of nitrogens with one attached hydrogen (secondary N) is 1. The van der Waals surface area contributed by atoms with Gasteiger partial charge in [0.25, 0.3) is 0 Å². The van der Waals surface area contributed by atoms with Crippen molar-refractivity contribution in [2.45, 2.75) is 13.8 Å². The third-order valence-corrected chi connectivity index (χ3v) is 3.89. The van der Waals surface area contributed by atoms with E-state index in [2.05, 4.69) is 37.9 Å². The van der Waals surface area contributed by atoms with Gasteiger partial charge in [0, 0.05) is 15.5 Å². The predicted molar refractivity (Wildman–Crippen MR) is 80.9 cm³/mol. The van der Waals surface area contributed by atoms with Crippen molar-refractivity contribution in [3.8, 4) is 0 Å². The van der Waals surface area contributed by atoms with E-state index in [1.165, 1.54) is 6.20 Å². The van der Waals surface area contributed by atoms with Crippen LogP contribution in [0, 0.1) is 17.4 Å². The molecule has 0 aliphatic carbocycles. The average molecular weight is 369 g/mol. The lowest BCUT2D eigenvalue weighted by molar-refractivity contribution is 0.0695. The Bertz CT molecular complexity index is 644. The van der Waals surface area contributed by atoms with Crippen LogP contribution in [-0.4, -0.2) is 21.0 Å². The van der Waals surface area contributed by atoms with Gasteiger partial charge in [-0.15, -0.1) is 0 Å². The number of anilines is 2. The van der Waals surface area contributed by atoms with Crippen LogP contribution in [0.2, 0.25) is 0 Å². The molecule has 98 valence electrons. The highest BCUT2D eigenvalue weighted by atomic mass is 127. The first kappa shape index (κ1) is 13.7. The zero-order chi connectivity index (χ0) is 14.0. The number of hydrogen-bond donors (Lipinski definition) is 2. The number of hydrogen-bond acceptors (Lipinski definition) is 4. The first-order valence-corrected chi connectivity index (χ1v) is 6.66. The lowest BCUT2D eigenvalue weighted by atomic mass is 10.2. The molecule has 0 aliphatic rings. The number of aryl methyl sites for hydroxylation is 1. The number of aromatic carboxylic acids is 1. The lowest BCUT2D eigenvalue weighted by Gasteiger charge is -2.10. The van der Waals surface area contributed by atoms with Crippen LogP contribution >= 0.6 is 22.6 Å². The van der Waals surface area contributed by atoms with Gasteiger partial charge < -0.3 is 10.4 Å². The standard InChI is InChI=1S/C13H12IN3O2/c1-7-10(14)4-3-5-11(7)17-13-15-6-9(12(18)19)8(2)16-13/h3-6H,1-2H3,(H,18,19)(H,15,16,17). The van der Waals surface area contributed by atoms with E-state index in [4.69, 9.17) is 5.11 Å². The Morgan fingerprint density at radius 2 is 2.11 bits per heavy atom. The van der Waals surface area contributed by atoms with Crippen LogP contribution in [0.5, 0.6) is 0 Å². The molecule has 0 unspecified atom stereocenters. The maximum Gasteiger partial charge on any atom is 0.339 e. The van der Waals surface area contributed by atoms with Crippen LogP contribution in [0.3, 0.4) is 0 Å². The third-order valence-electron chi connectivity index (χ3n) is 2.72. The van der Waals surface area contributed by atoms with Gasteiger partial charge >= 0.3 is 5.97 Å². The van der Waals surface area contributed by atoms with Gasteiger partial charge in [-0.05, 0) is 54.1 Å². The number of carbonyl (C=O) groups is 1. The van der Waals surface area contributed by atoms with Gasteiger partial charge in [0.2, 0.25) is 5.95 Å². The van der Waals surface area contributed by atoms with Gasteiger partial charge in [-0.3, -0.25) is 0 Å². The fourth-order valence-corrected chi connectivity index (χ4v) is 2.10. The number of nitrogens with zero attached hydrogens (tertiary/aromatic N) is 2. The second kappa shape index (κ2) is 5.52. The third kappa shape index (κ3) is 3.01. The van der Waals surface area contributed by atoms with E-state index in [-0.39, 0.29) is 5.56 Å². The zero-order valence-electron chi connectivity index (χ0n) is 10.4. The molecule has 2 N–H and O–H groups in total. The molecule has 0 spiro atoms. The maximum absolute atomic E-state index is 10.9. The van der Waals surface area contributed by atoms with E-state index >= 15 is 0 Å². The summed E-state index contributed by atoms with van der Waals surface area (Å²) in [6.45, 7) is 3.65. The molecule has 0 amide bonds. The molecule has 0 fully saturated rings. The Balaban J connectivity index is 2.32. The monoisotopic (exact) mass is 369 g/mol. The van der Waals surface area contributed by atoms with Crippen LogP contribution < -0.4 is 5.32 Å². The Morgan fingerprint density at radius 3 is 2.74 bits per heavy atom. The molecule has 1 aromatic carbocycles. The van der Waals surface area contributed by atoms with Crippen molar-refractivity contribution in [1.82, 2.24) is 9.97 Å². The first-order valence-electron chi connectivity index (χ1n) is 5.58. The fraction of sp³-hybridized carbons (Fsp3) is 0.154. The van der Waals surface area contributed by atoms with Crippen LogP contribution in [0.15, 0.2) is 24.4 Å². The van der Waals surface area contributed by atoms with Crippen molar-refractivity contribution in [3.05, 3.63) is 44.8 Å². The summed E-state index contributed by atoms with van der Waals surface area (Å²) in [5, 5.41) is 12.0. The first-order chi connectivity index (χ1) is 8.99. The maximum atomic E-state index is 10.9. The number of carboxylic acids is 1. The topological polar surface area (TPSA) is 75.1 Å². The summed E-state index contributed by atoms with van der Waals surface area (Å²) in [5.74, 6) is -0.623. The molecule has 0 saturated carbocycles. The molecule has 19 heavy (non-hydrogen) atoms.